The highest BCUT2D eigenvalue weighted by Crippen LogP contribution is 2.28. The maximum Gasteiger partial charge on any atom is 0.255 e. The van der Waals surface area contributed by atoms with Gasteiger partial charge in [0.1, 0.15) is 0 Å². The molecule has 35 heavy (non-hydrogen) atoms. The van der Waals surface area contributed by atoms with Crippen molar-refractivity contribution in [2.75, 3.05) is 38.2 Å². The van der Waals surface area contributed by atoms with Crippen LogP contribution in [0.2, 0.25) is 5.02 Å². The van der Waals surface area contributed by atoms with Gasteiger partial charge in [0.2, 0.25) is 5.91 Å². The number of amides is 2. The van der Waals surface area contributed by atoms with E-state index in [1.807, 2.05) is 17.9 Å². The predicted molar refractivity (Wildman–Crippen MR) is 135 cm³/mol. The second kappa shape index (κ2) is 11.2. The summed E-state index contributed by atoms with van der Waals surface area (Å²) in [6, 6.07) is 12.5. The summed E-state index contributed by atoms with van der Waals surface area (Å²) < 4.78 is 5.52. The average Bonchev–Trinajstić information content (AvgIpc) is 2.87. The van der Waals surface area contributed by atoms with Crippen molar-refractivity contribution in [2.45, 2.75) is 39.3 Å². The molecule has 0 spiro atoms. The third kappa shape index (κ3) is 6.02. The topological polar surface area (TPSA) is 85.7 Å². The number of nitrogens with zero attached hydrogens (tertiary/aromatic N) is 3. The lowest BCUT2D eigenvalue weighted by Crippen LogP contribution is -2.55. The Kier molecular flexibility index (Phi) is 8.07. The van der Waals surface area contributed by atoms with E-state index in [-0.39, 0.29) is 23.8 Å². The van der Waals surface area contributed by atoms with E-state index in [0.29, 0.717) is 41.5 Å². The number of halogens is 1. The summed E-state index contributed by atoms with van der Waals surface area (Å²) in [7, 11) is 0. The molecule has 2 fully saturated rings. The number of nitriles is 1. The first-order valence-electron chi connectivity index (χ1n) is 12.1. The van der Waals surface area contributed by atoms with E-state index in [2.05, 4.69) is 23.2 Å². The summed E-state index contributed by atoms with van der Waals surface area (Å²) in [5.41, 5.74) is 3.49. The smallest absolute Gasteiger partial charge is 0.255 e. The van der Waals surface area contributed by atoms with E-state index in [4.69, 9.17) is 21.6 Å². The van der Waals surface area contributed by atoms with Crippen molar-refractivity contribution in [3.63, 3.8) is 0 Å². The number of ether oxygens (including phenoxy) is 1. The van der Waals surface area contributed by atoms with Crippen LogP contribution < -0.4 is 5.32 Å². The Balaban J connectivity index is 1.42. The molecule has 2 aromatic rings. The summed E-state index contributed by atoms with van der Waals surface area (Å²) in [4.78, 5) is 30.1. The summed E-state index contributed by atoms with van der Waals surface area (Å²) in [5, 5.41) is 12.6. The molecule has 8 heteroatoms. The summed E-state index contributed by atoms with van der Waals surface area (Å²) >= 11 is 6.42. The van der Waals surface area contributed by atoms with Crippen molar-refractivity contribution in [1.29, 1.82) is 5.26 Å². The van der Waals surface area contributed by atoms with Gasteiger partial charge >= 0.3 is 0 Å². The monoisotopic (exact) mass is 494 g/mol. The zero-order valence-corrected chi connectivity index (χ0v) is 21.0. The lowest BCUT2D eigenvalue weighted by molar-refractivity contribution is -0.144. The summed E-state index contributed by atoms with van der Waals surface area (Å²) in [5.74, 6) is -0.0972. The molecule has 2 unspecified atom stereocenters. The van der Waals surface area contributed by atoms with Gasteiger partial charge in [-0.25, -0.2) is 0 Å². The molecule has 2 atom stereocenters. The van der Waals surface area contributed by atoms with E-state index < -0.39 is 0 Å². The molecule has 2 heterocycles. The largest absolute Gasteiger partial charge is 0.381 e. The first-order chi connectivity index (χ1) is 16.9. The van der Waals surface area contributed by atoms with E-state index in [1.165, 1.54) is 0 Å². The van der Waals surface area contributed by atoms with Gasteiger partial charge < -0.3 is 15.0 Å². The minimum absolute atomic E-state index is 0.0204. The van der Waals surface area contributed by atoms with Crippen LogP contribution in [0.4, 0.5) is 5.69 Å². The fraction of sp³-hybridized carbons (Fsp3) is 0.444. The fourth-order valence-electron chi connectivity index (χ4n) is 4.87. The number of piperazine rings is 1. The van der Waals surface area contributed by atoms with Crippen LogP contribution >= 0.6 is 11.6 Å². The van der Waals surface area contributed by atoms with Gasteiger partial charge in [-0.3, -0.25) is 14.5 Å². The van der Waals surface area contributed by atoms with Crippen LogP contribution in [0.1, 0.15) is 46.8 Å². The highest BCUT2D eigenvalue weighted by molar-refractivity contribution is 6.31. The van der Waals surface area contributed by atoms with Crippen LogP contribution in [-0.2, 0) is 16.1 Å². The van der Waals surface area contributed by atoms with Crippen molar-refractivity contribution in [3.8, 4) is 6.07 Å². The molecule has 2 saturated heterocycles. The van der Waals surface area contributed by atoms with E-state index >= 15 is 0 Å². The number of hydrogen-bond acceptors (Lipinski definition) is 5. The highest BCUT2D eigenvalue weighted by atomic mass is 35.5. The number of carbonyl (C=O) groups is 2. The molecule has 184 valence electrons. The molecule has 0 saturated carbocycles. The Hall–Kier alpha value is -2.92. The number of anilines is 1. The normalized spacial score (nSPS) is 20.8. The van der Waals surface area contributed by atoms with Crippen LogP contribution in [0.25, 0.3) is 0 Å². The first kappa shape index (κ1) is 25.2. The number of hydrogen-bond donors (Lipinski definition) is 1. The number of carbonyl (C=O) groups excluding carboxylic acids is 2. The van der Waals surface area contributed by atoms with Gasteiger partial charge in [-0.15, -0.1) is 0 Å². The second-order valence-corrected chi connectivity index (χ2v) is 9.85. The van der Waals surface area contributed by atoms with Crippen molar-refractivity contribution in [2.24, 2.45) is 5.92 Å². The zero-order valence-electron chi connectivity index (χ0n) is 20.2. The second-order valence-electron chi connectivity index (χ2n) is 9.41. The first-order valence-corrected chi connectivity index (χ1v) is 12.4. The molecule has 0 radical (unpaired) electrons. The van der Waals surface area contributed by atoms with Gasteiger partial charge in [0.25, 0.3) is 5.91 Å². The van der Waals surface area contributed by atoms with E-state index in [1.54, 1.807) is 30.3 Å². The third-order valence-corrected chi connectivity index (χ3v) is 7.10. The molecule has 2 aliphatic rings. The van der Waals surface area contributed by atoms with Crippen LogP contribution in [0.5, 0.6) is 0 Å². The maximum absolute atomic E-state index is 13.0. The molecule has 0 bridgehead atoms. The molecule has 0 aliphatic carbocycles. The lowest BCUT2D eigenvalue weighted by Gasteiger charge is -2.42. The minimum Gasteiger partial charge on any atom is -0.381 e. The summed E-state index contributed by atoms with van der Waals surface area (Å²) in [6.45, 7) is 8.27. The standard InChI is InChI=1S/C27H31ClN4O3/c1-18-15-31(8-9-32(18)27(34)22-7-4-10-35-17-22)16-23-12-24(28)13-25(19(23)2)30-26(33)21-6-3-5-20(11-21)14-29/h3,5-6,11-13,18,22H,4,7-10,15-17H2,1-2H3,(H,30,33). The number of nitrogens with one attached hydrogen (secondary N) is 1. The molecule has 2 aromatic carbocycles. The van der Waals surface area contributed by atoms with Crippen LogP contribution in [-0.4, -0.2) is 60.5 Å². The Morgan fingerprint density at radius 1 is 1.26 bits per heavy atom. The van der Waals surface area contributed by atoms with Gasteiger partial charge in [-0.2, -0.15) is 5.26 Å². The quantitative estimate of drug-likeness (QED) is 0.672. The van der Waals surface area contributed by atoms with Gasteiger partial charge in [0.05, 0.1) is 24.2 Å². The van der Waals surface area contributed by atoms with Gasteiger partial charge in [-0.1, -0.05) is 17.7 Å². The molecule has 4 rings (SSSR count). The van der Waals surface area contributed by atoms with Crippen molar-refractivity contribution >= 4 is 29.1 Å². The van der Waals surface area contributed by atoms with Crippen LogP contribution in [0.3, 0.4) is 0 Å². The molecule has 0 aromatic heterocycles. The molecule has 7 nitrogen and oxygen atoms in total. The Morgan fingerprint density at radius 3 is 2.80 bits per heavy atom. The van der Waals surface area contributed by atoms with Crippen LogP contribution in [0.15, 0.2) is 36.4 Å². The average molecular weight is 495 g/mol. The van der Waals surface area contributed by atoms with Crippen molar-refractivity contribution < 1.29 is 14.3 Å². The van der Waals surface area contributed by atoms with E-state index in [9.17, 15) is 9.59 Å². The maximum atomic E-state index is 13.0. The predicted octanol–water partition coefficient (Wildman–Crippen LogP) is 4.23. The molecular weight excluding hydrogens is 464 g/mol. The van der Waals surface area contributed by atoms with Gasteiger partial charge in [-0.05, 0) is 68.1 Å². The summed E-state index contributed by atoms with van der Waals surface area (Å²) in [6.07, 6.45) is 1.85. The third-order valence-electron chi connectivity index (χ3n) is 6.88. The molecule has 1 N–H and O–H groups in total. The van der Waals surface area contributed by atoms with Gasteiger partial charge in [0.15, 0.2) is 0 Å². The minimum atomic E-state index is -0.286. The fourth-order valence-corrected chi connectivity index (χ4v) is 5.11. The zero-order chi connectivity index (χ0) is 24.9. The molecule has 2 amide bonds. The van der Waals surface area contributed by atoms with Crippen LogP contribution in [0, 0.1) is 24.2 Å². The Bertz CT molecular complexity index is 1140. The SMILES string of the molecule is Cc1c(CN2CCN(C(=O)C3CCCOC3)C(C)C2)cc(Cl)cc1NC(=O)c1cccc(C#N)c1. The van der Waals surface area contributed by atoms with Crippen molar-refractivity contribution in [1.82, 2.24) is 9.80 Å². The molecular formula is C27H31ClN4O3. The number of rotatable bonds is 5. The van der Waals surface area contributed by atoms with E-state index in [0.717, 1.165) is 43.7 Å². The number of benzene rings is 2. The lowest BCUT2D eigenvalue weighted by atomic mass is 9.99. The Labute approximate surface area is 211 Å². The van der Waals surface area contributed by atoms with Crippen molar-refractivity contribution in [3.05, 3.63) is 63.7 Å². The molecule has 2 aliphatic heterocycles. The Morgan fingerprint density at radius 2 is 2.09 bits per heavy atom. The van der Waals surface area contributed by atoms with Gasteiger partial charge in [0, 0.05) is 55.1 Å². The highest BCUT2D eigenvalue weighted by Gasteiger charge is 2.33.